The van der Waals surface area contributed by atoms with Crippen molar-refractivity contribution in [2.24, 2.45) is 0 Å². The second-order valence-electron chi connectivity index (χ2n) is 9.00. The summed E-state index contributed by atoms with van der Waals surface area (Å²) >= 11 is 0. The number of hydrogen-bond donors (Lipinski definition) is 3. The topological polar surface area (TPSA) is 154 Å². The molecule has 3 rings (SSSR count). The first kappa shape index (κ1) is 30.2. The van der Waals surface area contributed by atoms with Crippen LogP contribution in [0.25, 0.3) is 0 Å². The Labute approximate surface area is 233 Å². The Kier molecular flexibility index (Phi) is 10.3. The number of carbonyl (C=O) groups is 2. The fourth-order valence-corrected chi connectivity index (χ4v) is 4.73. The molecule has 0 aliphatic carbocycles. The largest absolute Gasteiger partial charge is 0.480 e. The fraction of sp³-hybridized carbons (Fsp3) is 0.333. The molecular formula is C27H34N6O6S. The number of carbonyl (C=O) groups excluding carboxylic acids is 1. The number of carboxylic acid groups (broad SMARTS) is 1. The third kappa shape index (κ3) is 8.06. The molecule has 2 aromatic carbocycles. The van der Waals surface area contributed by atoms with Gasteiger partial charge in [-0.2, -0.15) is 4.98 Å². The summed E-state index contributed by atoms with van der Waals surface area (Å²) in [6.07, 6.45) is 0.986. The molecule has 1 amide bonds. The Morgan fingerprint density at radius 3 is 2.25 bits per heavy atom. The molecule has 1 unspecified atom stereocenters. The number of anilines is 3. The van der Waals surface area contributed by atoms with Crippen LogP contribution in [0.1, 0.15) is 19.4 Å². The predicted molar refractivity (Wildman–Crippen MR) is 153 cm³/mol. The zero-order valence-corrected chi connectivity index (χ0v) is 23.7. The normalized spacial score (nSPS) is 11.8. The van der Waals surface area contributed by atoms with Gasteiger partial charge in [0, 0.05) is 33.6 Å². The summed E-state index contributed by atoms with van der Waals surface area (Å²) in [6, 6.07) is 13.4. The van der Waals surface area contributed by atoms with Crippen molar-refractivity contribution >= 4 is 39.4 Å². The van der Waals surface area contributed by atoms with Gasteiger partial charge < -0.3 is 30.3 Å². The quantitative estimate of drug-likeness (QED) is 0.277. The van der Waals surface area contributed by atoms with Gasteiger partial charge in [0.15, 0.2) is 15.7 Å². The van der Waals surface area contributed by atoms with Crippen molar-refractivity contribution in [3.8, 4) is 5.75 Å². The van der Waals surface area contributed by atoms with Gasteiger partial charge in [-0.1, -0.05) is 30.3 Å². The van der Waals surface area contributed by atoms with Gasteiger partial charge in [-0.05, 0) is 43.7 Å². The Morgan fingerprint density at radius 2 is 1.68 bits per heavy atom. The highest BCUT2D eigenvalue weighted by atomic mass is 32.2. The van der Waals surface area contributed by atoms with E-state index < -0.39 is 33.8 Å². The molecular weight excluding hydrogens is 536 g/mol. The van der Waals surface area contributed by atoms with Crippen LogP contribution < -0.4 is 20.3 Å². The lowest BCUT2D eigenvalue weighted by molar-refractivity contribution is -0.137. The van der Waals surface area contributed by atoms with Gasteiger partial charge >= 0.3 is 12.1 Å². The van der Waals surface area contributed by atoms with E-state index in [1.165, 1.54) is 23.2 Å². The van der Waals surface area contributed by atoms with E-state index in [-0.39, 0.29) is 22.8 Å². The average molecular weight is 571 g/mol. The molecule has 3 aromatic rings. The van der Waals surface area contributed by atoms with E-state index in [2.05, 4.69) is 20.6 Å². The smallest absolute Gasteiger partial charge is 0.414 e. The lowest BCUT2D eigenvalue weighted by Gasteiger charge is -2.22. The van der Waals surface area contributed by atoms with Crippen LogP contribution in [0, 0.1) is 0 Å². The number of sulfone groups is 1. The second-order valence-corrected chi connectivity index (χ2v) is 11.0. The minimum absolute atomic E-state index is 0.0730. The summed E-state index contributed by atoms with van der Waals surface area (Å²) < 4.78 is 30.9. The molecule has 12 nitrogen and oxygen atoms in total. The van der Waals surface area contributed by atoms with Crippen molar-refractivity contribution in [1.82, 2.24) is 14.9 Å². The van der Waals surface area contributed by atoms with E-state index >= 15 is 0 Å². The highest BCUT2D eigenvalue weighted by Crippen LogP contribution is 2.24. The van der Waals surface area contributed by atoms with E-state index in [0.29, 0.717) is 30.4 Å². The van der Waals surface area contributed by atoms with Gasteiger partial charge in [0.2, 0.25) is 5.95 Å². The van der Waals surface area contributed by atoms with Crippen molar-refractivity contribution in [3.05, 3.63) is 66.4 Å². The van der Waals surface area contributed by atoms with Gasteiger partial charge in [0.25, 0.3) is 0 Å². The van der Waals surface area contributed by atoms with Crippen LogP contribution in [0.2, 0.25) is 0 Å². The van der Waals surface area contributed by atoms with Crippen molar-refractivity contribution in [2.45, 2.75) is 31.2 Å². The highest BCUT2D eigenvalue weighted by Gasteiger charge is 2.23. The van der Waals surface area contributed by atoms with Crippen LogP contribution in [0.4, 0.5) is 22.2 Å². The number of nitrogens with one attached hydrogen (secondary N) is 2. The molecule has 1 aromatic heterocycles. The fourth-order valence-electron chi connectivity index (χ4n) is 3.64. The van der Waals surface area contributed by atoms with Crippen molar-refractivity contribution in [1.29, 1.82) is 0 Å². The third-order valence-electron chi connectivity index (χ3n) is 5.92. The third-order valence-corrected chi connectivity index (χ3v) is 7.43. The summed E-state index contributed by atoms with van der Waals surface area (Å²) in [5.41, 5.74) is 0.913. The molecule has 214 valence electrons. The van der Waals surface area contributed by atoms with Gasteiger partial charge in [-0.15, -0.1) is 0 Å². The minimum Gasteiger partial charge on any atom is -0.480 e. The Hall–Kier alpha value is -4.39. The standard InChI is InChI=1S/C27H34N6O6S/c1-5-33(6-2)26-28-17-23(29-18-40(37,38)21-10-8-7-9-11-21)24(31-26)30-22(25(34)35)16-19-12-14-20(15-13-19)39-27(36)32(3)4/h7-15,17,22,29H,5-6,16,18H2,1-4H3,(H,34,35)(H,28,30,31). The monoisotopic (exact) mass is 570 g/mol. The number of ether oxygens (including phenoxy) is 1. The lowest BCUT2D eigenvalue weighted by atomic mass is 10.1. The van der Waals surface area contributed by atoms with Crippen molar-refractivity contribution < 1.29 is 27.9 Å². The lowest BCUT2D eigenvalue weighted by Crippen LogP contribution is -2.33. The van der Waals surface area contributed by atoms with Crippen LogP contribution in [-0.2, 0) is 21.1 Å². The Bertz CT molecular complexity index is 1400. The molecule has 0 saturated heterocycles. The molecule has 0 fully saturated rings. The molecule has 1 heterocycles. The predicted octanol–water partition coefficient (Wildman–Crippen LogP) is 3.33. The maximum Gasteiger partial charge on any atom is 0.414 e. The molecule has 1 atom stereocenters. The van der Waals surface area contributed by atoms with Gasteiger partial charge in [0.05, 0.1) is 16.8 Å². The number of nitrogens with zero attached hydrogens (tertiary/aromatic N) is 4. The molecule has 0 aliphatic heterocycles. The molecule has 0 aliphatic rings. The summed E-state index contributed by atoms with van der Waals surface area (Å²) in [5.74, 6) is -0.712. The van der Waals surface area contributed by atoms with Crippen molar-refractivity contribution in [3.63, 3.8) is 0 Å². The molecule has 40 heavy (non-hydrogen) atoms. The van der Waals surface area contributed by atoms with E-state index in [4.69, 9.17) is 4.74 Å². The van der Waals surface area contributed by atoms with Crippen LogP contribution in [-0.4, -0.2) is 79.6 Å². The number of benzene rings is 2. The zero-order chi connectivity index (χ0) is 29.3. The molecule has 0 bridgehead atoms. The molecule has 0 saturated carbocycles. The highest BCUT2D eigenvalue weighted by molar-refractivity contribution is 7.91. The molecule has 13 heteroatoms. The van der Waals surface area contributed by atoms with E-state index in [0.717, 1.165) is 0 Å². The first-order valence-corrected chi connectivity index (χ1v) is 14.3. The van der Waals surface area contributed by atoms with Gasteiger partial charge in [-0.25, -0.2) is 23.0 Å². The number of aliphatic carboxylic acids is 1. The number of aromatic nitrogens is 2. The summed E-state index contributed by atoms with van der Waals surface area (Å²) in [4.78, 5) is 36.2. The number of amides is 1. The van der Waals surface area contributed by atoms with Crippen LogP contribution in [0.5, 0.6) is 5.75 Å². The molecule has 3 N–H and O–H groups in total. The zero-order valence-electron chi connectivity index (χ0n) is 22.9. The van der Waals surface area contributed by atoms with Crippen molar-refractivity contribution in [2.75, 3.05) is 48.6 Å². The first-order valence-electron chi connectivity index (χ1n) is 12.6. The molecule has 0 spiro atoms. The average Bonchev–Trinajstić information content (AvgIpc) is 2.94. The van der Waals surface area contributed by atoms with Gasteiger partial charge in [0.1, 0.15) is 17.7 Å². The molecule has 0 radical (unpaired) electrons. The minimum atomic E-state index is -3.68. The Balaban J connectivity index is 1.85. The van der Waals surface area contributed by atoms with E-state index in [9.17, 15) is 23.1 Å². The van der Waals surface area contributed by atoms with E-state index in [1.54, 1.807) is 56.6 Å². The first-order chi connectivity index (χ1) is 19.0. The SMILES string of the molecule is CCN(CC)c1ncc(NCS(=O)(=O)c2ccccc2)c(NC(Cc2ccc(OC(=O)N(C)C)cc2)C(=O)O)n1. The number of carboxylic acids is 1. The van der Waals surface area contributed by atoms with Gasteiger partial charge in [-0.3, -0.25) is 0 Å². The summed E-state index contributed by atoms with van der Waals surface area (Å²) in [7, 11) is -0.546. The van der Waals surface area contributed by atoms with Crippen LogP contribution >= 0.6 is 0 Å². The number of hydrogen-bond acceptors (Lipinski definition) is 10. The maximum absolute atomic E-state index is 12.8. The second kappa shape index (κ2) is 13.6. The Morgan fingerprint density at radius 1 is 1.02 bits per heavy atom. The van der Waals surface area contributed by atoms with Crippen LogP contribution in [0.3, 0.4) is 0 Å². The van der Waals surface area contributed by atoms with Crippen LogP contribution in [0.15, 0.2) is 65.7 Å². The summed E-state index contributed by atoms with van der Waals surface area (Å²) in [6.45, 7) is 5.13. The summed E-state index contributed by atoms with van der Waals surface area (Å²) in [5, 5.41) is 15.8. The van der Waals surface area contributed by atoms with E-state index in [1.807, 2.05) is 18.7 Å². The maximum atomic E-state index is 12.8. The number of rotatable bonds is 13.